The summed E-state index contributed by atoms with van der Waals surface area (Å²) in [7, 11) is -3.84. The first kappa shape index (κ1) is 15.1. The molecular formula is C14H17NO6S. The molecule has 0 amide bonds. The minimum Gasteiger partial charge on any atom is -0.486 e. The smallest absolute Gasteiger partial charge is 0.327 e. The number of hydrogen-bond donors (Lipinski definition) is 0. The van der Waals surface area contributed by atoms with Gasteiger partial charge >= 0.3 is 5.97 Å². The summed E-state index contributed by atoms with van der Waals surface area (Å²) >= 11 is 0. The predicted octanol–water partition coefficient (Wildman–Crippen LogP) is 0.784. The van der Waals surface area contributed by atoms with Crippen molar-refractivity contribution < 1.29 is 27.4 Å². The lowest BCUT2D eigenvalue weighted by Gasteiger charge is -2.38. The van der Waals surface area contributed by atoms with Crippen LogP contribution in [0.3, 0.4) is 0 Å². The zero-order chi connectivity index (χ0) is 16.0. The fourth-order valence-electron chi connectivity index (χ4n) is 2.51. The Morgan fingerprint density at radius 2 is 1.73 bits per heavy atom. The Labute approximate surface area is 128 Å². The van der Waals surface area contributed by atoms with Gasteiger partial charge in [0.05, 0.1) is 4.90 Å². The highest BCUT2D eigenvalue weighted by Crippen LogP contribution is 2.35. The van der Waals surface area contributed by atoms with Crippen LogP contribution in [0.15, 0.2) is 23.1 Å². The molecular weight excluding hydrogens is 310 g/mol. The van der Waals surface area contributed by atoms with E-state index in [0.717, 1.165) is 4.31 Å². The summed E-state index contributed by atoms with van der Waals surface area (Å²) in [6.07, 6.45) is 0. The van der Waals surface area contributed by atoms with Gasteiger partial charge in [0.15, 0.2) is 11.5 Å². The lowest BCUT2D eigenvalue weighted by molar-refractivity contribution is -0.160. The van der Waals surface area contributed by atoms with E-state index >= 15 is 0 Å². The fourth-order valence-corrected chi connectivity index (χ4v) is 4.25. The Morgan fingerprint density at radius 3 is 2.45 bits per heavy atom. The van der Waals surface area contributed by atoms with E-state index < -0.39 is 21.5 Å². The summed E-state index contributed by atoms with van der Waals surface area (Å²) in [5.74, 6) is 0.354. The lowest BCUT2D eigenvalue weighted by atomic mass is 10.1. The number of rotatable bonds is 2. The number of sulfonamides is 1. The van der Waals surface area contributed by atoms with Crippen molar-refractivity contribution >= 4 is 16.0 Å². The van der Waals surface area contributed by atoms with Crippen LogP contribution in [0.5, 0.6) is 11.5 Å². The van der Waals surface area contributed by atoms with Crippen molar-refractivity contribution in [3.05, 3.63) is 18.2 Å². The summed E-state index contributed by atoms with van der Waals surface area (Å²) in [4.78, 5) is 11.9. The summed E-state index contributed by atoms with van der Waals surface area (Å²) in [5, 5.41) is 0. The van der Waals surface area contributed by atoms with Crippen molar-refractivity contribution in [2.75, 3.05) is 26.4 Å². The third-order valence-corrected chi connectivity index (χ3v) is 5.82. The number of benzene rings is 1. The first-order valence-corrected chi connectivity index (χ1v) is 8.37. The van der Waals surface area contributed by atoms with Crippen LogP contribution in [-0.4, -0.2) is 50.6 Å². The van der Waals surface area contributed by atoms with Crippen molar-refractivity contribution in [3.8, 4) is 11.5 Å². The summed E-state index contributed by atoms with van der Waals surface area (Å²) < 4.78 is 42.6. The lowest BCUT2D eigenvalue weighted by Crippen LogP contribution is -2.58. The molecule has 0 unspecified atom stereocenters. The Bertz CT molecular complexity index is 712. The number of esters is 1. The second kappa shape index (κ2) is 5.13. The van der Waals surface area contributed by atoms with Gasteiger partial charge in [-0.3, -0.25) is 4.79 Å². The van der Waals surface area contributed by atoms with Gasteiger partial charge in [0.1, 0.15) is 25.4 Å². The van der Waals surface area contributed by atoms with Crippen LogP contribution in [0.4, 0.5) is 0 Å². The molecule has 0 spiro atoms. The zero-order valence-electron chi connectivity index (χ0n) is 12.4. The zero-order valence-corrected chi connectivity index (χ0v) is 13.2. The van der Waals surface area contributed by atoms with Gasteiger partial charge in [0.25, 0.3) is 0 Å². The highest BCUT2D eigenvalue weighted by molar-refractivity contribution is 7.89. The minimum atomic E-state index is -3.84. The van der Waals surface area contributed by atoms with E-state index in [1.54, 1.807) is 6.07 Å². The summed E-state index contributed by atoms with van der Waals surface area (Å²) in [6, 6.07) is 4.45. The molecule has 0 bridgehead atoms. The molecule has 8 heteroatoms. The van der Waals surface area contributed by atoms with E-state index in [1.165, 1.54) is 26.0 Å². The summed E-state index contributed by atoms with van der Waals surface area (Å²) in [6.45, 7) is 4.04. The normalized spacial score (nSPS) is 21.3. The van der Waals surface area contributed by atoms with E-state index in [0.29, 0.717) is 24.7 Å². The van der Waals surface area contributed by atoms with Crippen LogP contribution in [-0.2, 0) is 19.6 Å². The Kier molecular flexibility index (Phi) is 3.53. The standard InChI is InChI=1S/C14H17NO6S/c1-14(2)13(16)21-6-5-15(14)22(17,18)10-3-4-11-12(9-10)20-8-7-19-11/h3-4,9H,5-8H2,1-2H3. The Hall–Kier alpha value is -1.80. The number of carbonyl (C=O) groups is 1. The maximum absolute atomic E-state index is 12.9. The minimum absolute atomic E-state index is 0.0477. The van der Waals surface area contributed by atoms with Crippen LogP contribution in [0.2, 0.25) is 0 Å². The molecule has 2 heterocycles. The van der Waals surface area contributed by atoms with Crippen LogP contribution < -0.4 is 9.47 Å². The van der Waals surface area contributed by atoms with E-state index in [1.807, 2.05) is 0 Å². The van der Waals surface area contributed by atoms with Gasteiger partial charge in [-0.05, 0) is 26.0 Å². The topological polar surface area (TPSA) is 82.1 Å². The molecule has 0 aromatic heterocycles. The summed E-state index contributed by atoms with van der Waals surface area (Å²) in [5.41, 5.74) is -1.25. The molecule has 1 aromatic carbocycles. The maximum Gasteiger partial charge on any atom is 0.327 e. The van der Waals surface area contributed by atoms with Gasteiger partial charge in [0.2, 0.25) is 10.0 Å². The highest BCUT2D eigenvalue weighted by Gasteiger charge is 2.46. The molecule has 0 saturated carbocycles. The number of nitrogens with zero attached hydrogens (tertiary/aromatic N) is 1. The van der Waals surface area contributed by atoms with Gasteiger partial charge in [-0.15, -0.1) is 0 Å². The molecule has 0 radical (unpaired) electrons. The third-order valence-electron chi connectivity index (χ3n) is 3.75. The van der Waals surface area contributed by atoms with E-state index in [9.17, 15) is 13.2 Å². The van der Waals surface area contributed by atoms with E-state index in [-0.39, 0.29) is 18.0 Å². The molecule has 0 atom stereocenters. The number of morpholine rings is 1. The predicted molar refractivity (Wildman–Crippen MR) is 76.4 cm³/mol. The van der Waals surface area contributed by atoms with Crippen LogP contribution in [0.25, 0.3) is 0 Å². The molecule has 2 aliphatic heterocycles. The molecule has 1 saturated heterocycles. The molecule has 3 rings (SSSR count). The van der Waals surface area contributed by atoms with Crippen molar-refractivity contribution in [1.82, 2.24) is 4.31 Å². The van der Waals surface area contributed by atoms with Crippen molar-refractivity contribution in [3.63, 3.8) is 0 Å². The highest BCUT2D eigenvalue weighted by atomic mass is 32.2. The second-order valence-electron chi connectivity index (χ2n) is 5.58. The molecule has 2 aliphatic rings. The number of fused-ring (bicyclic) bond motifs is 1. The van der Waals surface area contributed by atoms with Crippen LogP contribution in [0, 0.1) is 0 Å². The molecule has 1 aromatic rings. The quantitative estimate of drug-likeness (QED) is 0.747. The van der Waals surface area contributed by atoms with E-state index in [4.69, 9.17) is 14.2 Å². The molecule has 7 nitrogen and oxygen atoms in total. The number of cyclic esters (lactones) is 1. The average Bonchev–Trinajstić information content (AvgIpc) is 2.49. The van der Waals surface area contributed by atoms with Crippen molar-refractivity contribution in [2.45, 2.75) is 24.3 Å². The SMILES string of the molecule is CC1(C)C(=O)OCCN1S(=O)(=O)c1ccc2c(c1)OCCO2. The molecule has 0 aliphatic carbocycles. The molecule has 0 N–H and O–H groups in total. The van der Waals surface area contributed by atoms with Crippen LogP contribution >= 0.6 is 0 Å². The van der Waals surface area contributed by atoms with Gasteiger partial charge < -0.3 is 14.2 Å². The monoisotopic (exact) mass is 327 g/mol. The number of hydrogen-bond acceptors (Lipinski definition) is 6. The van der Waals surface area contributed by atoms with Gasteiger partial charge in [-0.25, -0.2) is 8.42 Å². The molecule has 22 heavy (non-hydrogen) atoms. The van der Waals surface area contributed by atoms with Crippen molar-refractivity contribution in [1.29, 1.82) is 0 Å². The van der Waals surface area contributed by atoms with Crippen LogP contribution in [0.1, 0.15) is 13.8 Å². The third kappa shape index (κ3) is 2.32. The van der Waals surface area contributed by atoms with Gasteiger partial charge in [-0.1, -0.05) is 0 Å². The maximum atomic E-state index is 12.9. The number of carbonyl (C=O) groups excluding carboxylic acids is 1. The molecule has 1 fully saturated rings. The largest absolute Gasteiger partial charge is 0.486 e. The average molecular weight is 327 g/mol. The van der Waals surface area contributed by atoms with Gasteiger partial charge in [0, 0.05) is 12.6 Å². The fraction of sp³-hybridized carbons (Fsp3) is 0.500. The first-order chi connectivity index (χ1) is 10.3. The Morgan fingerprint density at radius 1 is 1.05 bits per heavy atom. The van der Waals surface area contributed by atoms with Crippen molar-refractivity contribution in [2.24, 2.45) is 0 Å². The van der Waals surface area contributed by atoms with E-state index in [2.05, 4.69) is 0 Å². The molecule has 120 valence electrons. The first-order valence-electron chi connectivity index (χ1n) is 6.93. The second-order valence-corrected chi connectivity index (χ2v) is 7.44. The van der Waals surface area contributed by atoms with Gasteiger partial charge in [-0.2, -0.15) is 4.31 Å². The number of ether oxygens (including phenoxy) is 3. The Balaban J connectivity index is 2.01.